The lowest BCUT2D eigenvalue weighted by Gasteiger charge is -2.02. The highest BCUT2D eigenvalue weighted by Crippen LogP contribution is 2.15. The van der Waals surface area contributed by atoms with Crippen molar-refractivity contribution in [1.82, 2.24) is 4.98 Å². The highest BCUT2D eigenvalue weighted by atomic mass is 16.5. The van der Waals surface area contributed by atoms with Crippen LogP contribution in [0.15, 0.2) is 29.2 Å². The number of fused-ring (bicyclic) bond motifs is 1. The number of benzene rings is 1. The molecule has 2 rings (SSSR count). The van der Waals surface area contributed by atoms with Crippen LogP contribution in [0.5, 0.6) is 5.75 Å². The van der Waals surface area contributed by atoms with E-state index < -0.39 is 11.4 Å². The van der Waals surface area contributed by atoms with E-state index in [9.17, 15) is 14.7 Å². The molecule has 1 aromatic carbocycles. The summed E-state index contributed by atoms with van der Waals surface area (Å²) in [4.78, 5) is 25.9. The first-order chi connectivity index (χ1) is 7.63. The van der Waals surface area contributed by atoms with E-state index in [0.717, 1.165) is 0 Å². The average Bonchev–Trinajstić information content (AvgIpc) is 2.29. The second-order valence-corrected chi connectivity index (χ2v) is 3.25. The van der Waals surface area contributed by atoms with E-state index in [1.807, 2.05) is 0 Å². The minimum absolute atomic E-state index is 0.0278. The number of H-pyrrole nitrogens is 1. The van der Waals surface area contributed by atoms with Gasteiger partial charge < -0.3 is 14.8 Å². The fourth-order valence-corrected chi connectivity index (χ4v) is 1.47. The quantitative estimate of drug-likeness (QED) is 0.702. The van der Waals surface area contributed by atoms with Gasteiger partial charge in [0.2, 0.25) is 5.43 Å². The molecule has 5 heteroatoms. The van der Waals surface area contributed by atoms with Crippen LogP contribution in [0, 0.1) is 0 Å². The molecular formula is C11H9NO4. The summed E-state index contributed by atoms with van der Waals surface area (Å²) in [5.41, 5.74) is 0.00699. The monoisotopic (exact) mass is 219 g/mol. The summed E-state index contributed by atoms with van der Waals surface area (Å²) in [6, 6.07) is 4.32. The lowest BCUT2D eigenvalue weighted by molar-refractivity contribution is 0.0599. The van der Waals surface area contributed by atoms with Crippen LogP contribution in [0.4, 0.5) is 0 Å². The number of carbonyl (C=O) groups is 1. The summed E-state index contributed by atoms with van der Waals surface area (Å²) in [5.74, 6) is -0.730. The van der Waals surface area contributed by atoms with Crippen LogP contribution >= 0.6 is 0 Å². The molecule has 2 N–H and O–H groups in total. The second kappa shape index (κ2) is 3.69. The zero-order chi connectivity index (χ0) is 11.7. The van der Waals surface area contributed by atoms with Crippen molar-refractivity contribution in [3.8, 4) is 5.75 Å². The number of ether oxygens (including phenoxy) is 1. The first-order valence-corrected chi connectivity index (χ1v) is 4.56. The molecule has 1 heterocycles. The number of pyridine rings is 1. The summed E-state index contributed by atoms with van der Waals surface area (Å²) in [5, 5.41) is 9.53. The number of phenols is 1. The number of methoxy groups -OCH3 is 1. The topological polar surface area (TPSA) is 79.4 Å². The van der Waals surface area contributed by atoms with Gasteiger partial charge in [0.1, 0.15) is 11.3 Å². The Balaban J connectivity index is 2.78. The maximum atomic E-state index is 11.8. The lowest BCUT2D eigenvalue weighted by Crippen LogP contribution is -2.16. The lowest BCUT2D eigenvalue weighted by atomic mass is 10.1. The number of hydrogen-bond acceptors (Lipinski definition) is 4. The van der Waals surface area contributed by atoms with Gasteiger partial charge >= 0.3 is 5.97 Å². The predicted molar refractivity (Wildman–Crippen MR) is 57.6 cm³/mol. The zero-order valence-electron chi connectivity index (χ0n) is 8.48. The number of nitrogens with one attached hydrogen (secondary N) is 1. The molecule has 0 radical (unpaired) electrons. The summed E-state index contributed by atoms with van der Waals surface area (Å²) < 4.78 is 4.47. The minimum Gasteiger partial charge on any atom is -0.508 e. The standard InChI is InChI=1S/C11H9NO4/c1-16-11(15)8-5-12-9-3-2-6(13)4-7(9)10(8)14/h2-5,13H,1H3,(H,12,14). The number of esters is 1. The SMILES string of the molecule is COC(=O)c1c[nH]c2ccc(O)cc2c1=O. The molecule has 0 spiro atoms. The van der Waals surface area contributed by atoms with E-state index in [2.05, 4.69) is 9.72 Å². The molecule has 16 heavy (non-hydrogen) atoms. The Bertz CT molecular complexity index is 615. The maximum absolute atomic E-state index is 11.8. The molecule has 0 saturated heterocycles. The second-order valence-electron chi connectivity index (χ2n) is 3.25. The Morgan fingerprint density at radius 3 is 2.88 bits per heavy atom. The van der Waals surface area contributed by atoms with E-state index in [-0.39, 0.29) is 16.7 Å². The van der Waals surface area contributed by atoms with Gasteiger partial charge in [0.05, 0.1) is 7.11 Å². The molecule has 0 aliphatic heterocycles. The van der Waals surface area contributed by atoms with Gasteiger partial charge in [-0.1, -0.05) is 0 Å². The zero-order valence-corrected chi connectivity index (χ0v) is 8.48. The van der Waals surface area contributed by atoms with Crippen molar-refractivity contribution in [3.63, 3.8) is 0 Å². The Kier molecular flexibility index (Phi) is 2.36. The molecule has 0 aliphatic rings. The van der Waals surface area contributed by atoms with Crippen molar-refractivity contribution in [2.24, 2.45) is 0 Å². The highest BCUT2D eigenvalue weighted by Gasteiger charge is 2.13. The van der Waals surface area contributed by atoms with Crippen molar-refractivity contribution in [2.45, 2.75) is 0 Å². The smallest absolute Gasteiger partial charge is 0.343 e. The fourth-order valence-electron chi connectivity index (χ4n) is 1.47. The van der Waals surface area contributed by atoms with E-state index in [1.54, 1.807) is 6.07 Å². The first kappa shape index (κ1) is 10.2. The summed E-state index contributed by atoms with van der Waals surface area (Å²) in [6.07, 6.45) is 1.30. The van der Waals surface area contributed by atoms with Crippen molar-refractivity contribution in [2.75, 3.05) is 7.11 Å². The van der Waals surface area contributed by atoms with E-state index in [4.69, 9.17) is 0 Å². The normalized spacial score (nSPS) is 10.3. The molecule has 0 atom stereocenters. The number of aromatic amines is 1. The first-order valence-electron chi connectivity index (χ1n) is 4.56. The minimum atomic E-state index is -0.702. The molecule has 0 saturated carbocycles. The molecule has 1 aromatic heterocycles. The number of carbonyl (C=O) groups excluding carboxylic acids is 1. The van der Waals surface area contributed by atoms with Gasteiger partial charge in [-0.05, 0) is 18.2 Å². The molecule has 5 nitrogen and oxygen atoms in total. The van der Waals surface area contributed by atoms with Crippen LogP contribution in [0.3, 0.4) is 0 Å². The fraction of sp³-hybridized carbons (Fsp3) is 0.0909. The number of aromatic nitrogens is 1. The van der Waals surface area contributed by atoms with Gasteiger partial charge in [0, 0.05) is 17.1 Å². The summed E-state index contributed by atoms with van der Waals surface area (Å²) >= 11 is 0. The molecule has 0 amide bonds. The van der Waals surface area contributed by atoms with Crippen molar-refractivity contribution in [3.05, 3.63) is 40.2 Å². The molecule has 0 bridgehead atoms. The molecule has 0 unspecified atom stereocenters. The molecule has 82 valence electrons. The van der Waals surface area contributed by atoms with Crippen LogP contribution in [0.25, 0.3) is 10.9 Å². The van der Waals surface area contributed by atoms with Crippen LogP contribution in [-0.4, -0.2) is 23.2 Å². The average molecular weight is 219 g/mol. The molecule has 0 fully saturated rings. The Labute approximate surface area is 90.3 Å². The maximum Gasteiger partial charge on any atom is 0.343 e. The third kappa shape index (κ3) is 1.52. The van der Waals surface area contributed by atoms with Gasteiger partial charge in [0.15, 0.2) is 0 Å². The van der Waals surface area contributed by atoms with Crippen molar-refractivity contribution >= 4 is 16.9 Å². The van der Waals surface area contributed by atoms with E-state index >= 15 is 0 Å². The predicted octanol–water partition coefficient (Wildman–Crippen LogP) is 1.02. The number of phenolic OH excluding ortho intramolecular Hbond substituents is 1. The van der Waals surface area contributed by atoms with Gasteiger partial charge in [-0.15, -0.1) is 0 Å². The van der Waals surface area contributed by atoms with Crippen LogP contribution < -0.4 is 5.43 Å². The Hall–Kier alpha value is -2.30. The van der Waals surface area contributed by atoms with Gasteiger partial charge in [-0.25, -0.2) is 4.79 Å². The Morgan fingerprint density at radius 1 is 1.44 bits per heavy atom. The molecule has 0 aliphatic carbocycles. The van der Waals surface area contributed by atoms with Gasteiger partial charge in [-0.3, -0.25) is 4.79 Å². The van der Waals surface area contributed by atoms with Crippen molar-refractivity contribution < 1.29 is 14.6 Å². The van der Waals surface area contributed by atoms with Crippen molar-refractivity contribution in [1.29, 1.82) is 0 Å². The van der Waals surface area contributed by atoms with E-state index in [1.165, 1.54) is 25.4 Å². The molecule has 2 aromatic rings. The van der Waals surface area contributed by atoms with E-state index in [0.29, 0.717) is 5.52 Å². The largest absolute Gasteiger partial charge is 0.508 e. The number of hydrogen-bond donors (Lipinski definition) is 2. The third-order valence-electron chi connectivity index (χ3n) is 2.27. The number of aromatic hydroxyl groups is 1. The summed E-state index contributed by atoms with van der Waals surface area (Å²) in [7, 11) is 1.20. The summed E-state index contributed by atoms with van der Waals surface area (Å²) in [6.45, 7) is 0. The van der Waals surface area contributed by atoms with Crippen LogP contribution in [0.2, 0.25) is 0 Å². The van der Waals surface area contributed by atoms with Crippen LogP contribution in [-0.2, 0) is 4.74 Å². The molecular weight excluding hydrogens is 210 g/mol. The van der Waals surface area contributed by atoms with Crippen LogP contribution in [0.1, 0.15) is 10.4 Å². The Morgan fingerprint density at radius 2 is 2.19 bits per heavy atom. The highest BCUT2D eigenvalue weighted by molar-refractivity contribution is 5.93. The third-order valence-corrected chi connectivity index (χ3v) is 2.27. The van der Waals surface area contributed by atoms with Gasteiger partial charge in [-0.2, -0.15) is 0 Å². The van der Waals surface area contributed by atoms with Gasteiger partial charge in [0.25, 0.3) is 0 Å². The number of rotatable bonds is 1.